The molecule has 0 aliphatic carbocycles. The van der Waals surface area contributed by atoms with Gasteiger partial charge in [-0.15, -0.1) is 0 Å². The van der Waals surface area contributed by atoms with Crippen LogP contribution in [0.1, 0.15) is 11.1 Å². The molecule has 2 rings (SSSR count). The molecule has 0 aliphatic rings. The van der Waals surface area contributed by atoms with E-state index in [1.165, 1.54) is 14.2 Å². The predicted molar refractivity (Wildman–Crippen MR) is 82.1 cm³/mol. The number of rotatable bonds is 6. The average Bonchev–Trinajstić information content (AvgIpc) is 2.55. The summed E-state index contributed by atoms with van der Waals surface area (Å²) in [5.74, 6) is 0. The normalized spacial score (nSPS) is 14.6. The van der Waals surface area contributed by atoms with Crippen molar-refractivity contribution in [2.24, 2.45) is 0 Å². The number of hydrogen-bond donors (Lipinski definition) is 1. The van der Waals surface area contributed by atoms with Crippen LogP contribution in [0.15, 0.2) is 60.7 Å². The zero-order chi connectivity index (χ0) is 15.3. The molecule has 21 heavy (non-hydrogen) atoms. The van der Waals surface area contributed by atoms with Crippen molar-refractivity contribution >= 4 is 7.60 Å². The molecule has 1 atom stereocenters. The summed E-state index contributed by atoms with van der Waals surface area (Å²) < 4.78 is 23.0. The molecule has 0 saturated carbocycles. The smallest absolute Gasteiger partial charge is 0.366 e. The molecule has 0 spiro atoms. The fourth-order valence-electron chi connectivity index (χ4n) is 2.32. The second kappa shape index (κ2) is 6.54. The Hall–Kier alpha value is -1.45. The fourth-order valence-corrected chi connectivity index (χ4v) is 3.91. The summed E-state index contributed by atoms with van der Waals surface area (Å²) in [6.45, 7) is 0. The van der Waals surface area contributed by atoms with E-state index in [1.54, 1.807) is 24.3 Å². The van der Waals surface area contributed by atoms with Gasteiger partial charge in [-0.05, 0) is 11.1 Å². The van der Waals surface area contributed by atoms with Crippen LogP contribution in [0, 0.1) is 0 Å². The second-order valence-corrected chi connectivity index (χ2v) is 7.17. The maximum atomic E-state index is 12.9. The summed E-state index contributed by atoms with van der Waals surface area (Å²) >= 11 is 0. The van der Waals surface area contributed by atoms with Gasteiger partial charge in [-0.1, -0.05) is 60.7 Å². The lowest BCUT2D eigenvalue weighted by Gasteiger charge is -2.33. The van der Waals surface area contributed by atoms with Crippen molar-refractivity contribution in [3.63, 3.8) is 0 Å². The first-order valence-electron chi connectivity index (χ1n) is 6.59. The van der Waals surface area contributed by atoms with Gasteiger partial charge in [-0.2, -0.15) is 0 Å². The highest BCUT2D eigenvalue weighted by atomic mass is 31.2. The van der Waals surface area contributed by atoms with Crippen molar-refractivity contribution < 1.29 is 18.7 Å². The third kappa shape index (κ3) is 3.09. The lowest BCUT2D eigenvalue weighted by molar-refractivity contribution is 0.0767. The van der Waals surface area contributed by atoms with Gasteiger partial charge in [0.05, 0.1) is 0 Å². The minimum Gasteiger partial charge on any atom is -0.373 e. The van der Waals surface area contributed by atoms with E-state index in [2.05, 4.69) is 0 Å². The van der Waals surface area contributed by atoms with Crippen molar-refractivity contribution in [3.8, 4) is 0 Å². The van der Waals surface area contributed by atoms with Gasteiger partial charge in [-0.25, -0.2) is 0 Å². The molecule has 112 valence electrons. The minimum atomic E-state index is -3.73. The molecule has 0 amide bonds. The molecule has 5 heteroatoms. The van der Waals surface area contributed by atoms with E-state index in [9.17, 15) is 9.67 Å². The van der Waals surface area contributed by atoms with Crippen LogP contribution >= 0.6 is 7.60 Å². The molecular weight excluding hydrogens is 287 g/mol. The van der Waals surface area contributed by atoms with Gasteiger partial charge in [0, 0.05) is 20.6 Å². The Bertz CT molecular complexity index is 607. The summed E-state index contributed by atoms with van der Waals surface area (Å²) in [5.41, 5.74) is 1.35. The summed E-state index contributed by atoms with van der Waals surface area (Å²) in [5, 5.41) is 9.40. The molecule has 1 N–H and O–H groups in total. The molecule has 0 radical (unpaired) electrons. The van der Waals surface area contributed by atoms with Crippen LogP contribution in [0.5, 0.6) is 0 Å². The minimum absolute atomic E-state index is 0.136. The quantitative estimate of drug-likeness (QED) is 0.829. The first-order chi connectivity index (χ1) is 10.1. The molecule has 0 saturated heterocycles. The van der Waals surface area contributed by atoms with Gasteiger partial charge in [-0.3, -0.25) is 4.57 Å². The summed E-state index contributed by atoms with van der Waals surface area (Å²) in [6, 6.07) is 18.2. The van der Waals surface area contributed by atoms with E-state index in [0.29, 0.717) is 5.56 Å². The van der Waals surface area contributed by atoms with Crippen molar-refractivity contribution in [1.82, 2.24) is 0 Å². The highest BCUT2D eigenvalue weighted by molar-refractivity contribution is 7.54. The van der Waals surface area contributed by atoms with Crippen LogP contribution in [0.25, 0.3) is 0 Å². The Labute approximate surface area is 124 Å². The maximum Gasteiger partial charge on any atom is 0.366 e. The predicted octanol–water partition coefficient (Wildman–Crippen LogP) is 3.56. The van der Waals surface area contributed by atoms with E-state index < -0.39 is 12.9 Å². The molecule has 2 aromatic carbocycles. The van der Waals surface area contributed by atoms with Gasteiger partial charge in [0.2, 0.25) is 0 Å². The van der Waals surface area contributed by atoms with Crippen LogP contribution in [-0.4, -0.2) is 19.3 Å². The highest BCUT2D eigenvalue weighted by Crippen LogP contribution is 2.63. The molecule has 0 fully saturated rings. The Kier molecular flexibility index (Phi) is 4.96. The molecule has 0 heterocycles. The zero-order valence-corrected chi connectivity index (χ0v) is 13.0. The number of aliphatic hydroxyl groups is 1. The Morgan fingerprint density at radius 1 is 0.952 bits per heavy atom. The van der Waals surface area contributed by atoms with Gasteiger partial charge in [0.25, 0.3) is 0 Å². The van der Waals surface area contributed by atoms with E-state index in [0.717, 1.165) is 5.56 Å². The Morgan fingerprint density at radius 2 is 1.43 bits per heavy atom. The van der Waals surface area contributed by atoms with Crippen molar-refractivity contribution in [2.45, 2.75) is 11.8 Å². The van der Waals surface area contributed by atoms with E-state index >= 15 is 0 Å². The molecule has 0 aliphatic heterocycles. The molecule has 0 bridgehead atoms. The van der Waals surface area contributed by atoms with Crippen LogP contribution in [0.3, 0.4) is 0 Å². The van der Waals surface area contributed by atoms with E-state index in [1.807, 2.05) is 36.4 Å². The van der Waals surface area contributed by atoms with Gasteiger partial charge in [0.1, 0.15) is 0 Å². The fraction of sp³-hybridized carbons (Fsp3) is 0.250. The van der Waals surface area contributed by atoms with Gasteiger partial charge < -0.3 is 14.2 Å². The monoisotopic (exact) mass is 306 g/mol. The SMILES string of the molecule is COP(=O)(OC)[C@@](O)(Cc1ccccc1)c1ccccc1. The third-order valence-electron chi connectivity index (χ3n) is 3.46. The molecule has 0 unspecified atom stereocenters. The van der Waals surface area contributed by atoms with E-state index in [-0.39, 0.29) is 6.42 Å². The van der Waals surface area contributed by atoms with Crippen LogP contribution in [-0.2, 0) is 25.4 Å². The van der Waals surface area contributed by atoms with Crippen LogP contribution in [0.2, 0.25) is 0 Å². The lowest BCUT2D eigenvalue weighted by atomic mass is 10.0. The Balaban J connectivity index is 2.52. The lowest BCUT2D eigenvalue weighted by Crippen LogP contribution is -2.30. The topological polar surface area (TPSA) is 55.8 Å². The largest absolute Gasteiger partial charge is 0.373 e. The van der Waals surface area contributed by atoms with Crippen molar-refractivity contribution in [1.29, 1.82) is 0 Å². The average molecular weight is 306 g/mol. The molecular formula is C16H19O4P. The summed E-state index contributed by atoms with van der Waals surface area (Å²) in [6.07, 6.45) is 0.136. The summed E-state index contributed by atoms with van der Waals surface area (Å²) in [4.78, 5) is 0. The Morgan fingerprint density at radius 3 is 1.90 bits per heavy atom. The van der Waals surface area contributed by atoms with Crippen LogP contribution in [0.4, 0.5) is 0 Å². The van der Waals surface area contributed by atoms with E-state index in [4.69, 9.17) is 9.05 Å². The third-order valence-corrected chi connectivity index (χ3v) is 5.75. The standard InChI is InChI=1S/C16H19O4P/c1-19-21(18,20-2)16(17,15-11-7-4-8-12-15)13-14-9-5-3-6-10-14/h3-12,17H,13H2,1-2H3/t16-/m0/s1. The van der Waals surface area contributed by atoms with Gasteiger partial charge in [0.15, 0.2) is 5.34 Å². The first-order valence-corrected chi connectivity index (χ1v) is 8.13. The highest BCUT2D eigenvalue weighted by Gasteiger charge is 2.50. The summed E-state index contributed by atoms with van der Waals surface area (Å²) in [7, 11) is -1.17. The van der Waals surface area contributed by atoms with Gasteiger partial charge >= 0.3 is 7.60 Å². The molecule has 0 aromatic heterocycles. The number of hydrogen-bond acceptors (Lipinski definition) is 4. The number of benzene rings is 2. The second-order valence-electron chi connectivity index (χ2n) is 4.71. The molecule has 2 aromatic rings. The maximum absolute atomic E-state index is 12.9. The molecule has 4 nitrogen and oxygen atoms in total. The van der Waals surface area contributed by atoms with Crippen LogP contribution < -0.4 is 0 Å². The zero-order valence-electron chi connectivity index (χ0n) is 12.1. The first kappa shape index (κ1) is 15.9. The van der Waals surface area contributed by atoms with Crippen molar-refractivity contribution in [3.05, 3.63) is 71.8 Å². The van der Waals surface area contributed by atoms with Crippen molar-refractivity contribution in [2.75, 3.05) is 14.2 Å².